The molecule has 100 valence electrons. The summed E-state index contributed by atoms with van der Waals surface area (Å²) in [5, 5.41) is 21.6. The number of carbonyl (C=O) groups excluding carboxylic acids is 1. The molecule has 0 aliphatic rings. The number of benzene rings is 2. The van der Waals surface area contributed by atoms with Crippen LogP contribution >= 0.6 is 11.6 Å². The monoisotopic (exact) mass is 286 g/mol. The molecule has 0 aromatic heterocycles. The molecule has 0 heterocycles. The number of rotatable bonds is 3. The molecule has 0 fully saturated rings. The predicted octanol–water partition coefficient (Wildman–Crippen LogP) is 2.85. The number of nitrogens with one attached hydrogen (secondary N) is 1. The van der Waals surface area contributed by atoms with Crippen molar-refractivity contribution in [2.45, 2.75) is 6.54 Å². The van der Waals surface area contributed by atoms with Crippen molar-refractivity contribution in [3.8, 4) is 11.8 Å². The summed E-state index contributed by atoms with van der Waals surface area (Å²) < 4.78 is 0. The minimum atomic E-state index is -0.281. The molecule has 1 amide bonds. The minimum absolute atomic E-state index is 0.0181. The zero-order valence-corrected chi connectivity index (χ0v) is 11.2. The van der Waals surface area contributed by atoms with Gasteiger partial charge in [-0.3, -0.25) is 4.79 Å². The van der Waals surface area contributed by atoms with Crippen LogP contribution in [0.1, 0.15) is 21.5 Å². The summed E-state index contributed by atoms with van der Waals surface area (Å²) in [5.74, 6) is -0.299. The molecule has 0 unspecified atom stereocenters. The molecule has 0 radical (unpaired) electrons. The maximum Gasteiger partial charge on any atom is 0.251 e. The number of halogens is 1. The molecular formula is C15H11ClN2O2. The van der Waals surface area contributed by atoms with E-state index in [0.717, 1.165) is 0 Å². The van der Waals surface area contributed by atoms with E-state index in [1.54, 1.807) is 36.4 Å². The van der Waals surface area contributed by atoms with Crippen LogP contribution in [0.4, 0.5) is 0 Å². The highest BCUT2D eigenvalue weighted by molar-refractivity contribution is 6.30. The molecule has 0 spiro atoms. The molecule has 20 heavy (non-hydrogen) atoms. The lowest BCUT2D eigenvalue weighted by molar-refractivity contribution is 0.0951. The summed E-state index contributed by atoms with van der Waals surface area (Å²) in [7, 11) is 0. The van der Waals surface area contributed by atoms with E-state index >= 15 is 0 Å². The van der Waals surface area contributed by atoms with Gasteiger partial charge in [0.15, 0.2) is 0 Å². The summed E-state index contributed by atoms with van der Waals surface area (Å²) in [6, 6.07) is 13.1. The second kappa shape index (κ2) is 6.09. The average molecular weight is 287 g/mol. The topological polar surface area (TPSA) is 73.1 Å². The molecule has 0 atom stereocenters. The quantitative estimate of drug-likeness (QED) is 0.911. The number of phenols is 1. The Morgan fingerprint density at radius 3 is 2.75 bits per heavy atom. The summed E-state index contributed by atoms with van der Waals surface area (Å²) in [6.45, 7) is 0.170. The van der Waals surface area contributed by atoms with Gasteiger partial charge in [0.05, 0.1) is 11.6 Å². The average Bonchev–Trinajstić information content (AvgIpc) is 2.45. The van der Waals surface area contributed by atoms with E-state index in [9.17, 15) is 9.90 Å². The Morgan fingerprint density at radius 1 is 1.30 bits per heavy atom. The molecule has 0 saturated carbocycles. The van der Waals surface area contributed by atoms with Crippen molar-refractivity contribution in [3.05, 3.63) is 64.2 Å². The standard InChI is InChI=1S/C15H11ClN2O2/c16-13-3-1-2-11(7-13)15(20)18-9-12-5-4-10(8-17)6-14(12)19/h1-7,19H,9H2,(H,18,20). The van der Waals surface area contributed by atoms with Gasteiger partial charge in [-0.05, 0) is 30.3 Å². The molecule has 0 aliphatic heterocycles. The SMILES string of the molecule is N#Cc1ccc(CNC(=O)c2cccc(Cl)c2)c(O)c1. The maximum atomic E-state index is 11.9. The number of phenolic OH excluding ortho intramolecular Hbond substituents is 1. The summed E-state index contributed by atoms with van der Waals surface area (Å²) >= 11 is 5.81. The molecule has 0 bridgehead atoms. The number of aromatic hydroxyl groups is 1. The lowest BCUT2D eigenvalue weighted by atomic mass is 10.1. The Balaban J connectivity index is 2.06. The predicted molar refractivity (Wildman–Crippen MR) is 75.4 cm³/mol. The third kappa shape index (κ3) is 3.28. The molecule has 2 aromatic carbocycles. The van der Waals surface area contributed by atoms with Gasteiger partial charge in [0.2, 0.25) is 0 Å². The third-order valence-electron chi connectivity index (χ3n) is 2.74. The van der Waals surface area contributed by atoms with E-state index in [1.165, 1.54) is 6.07 Å². The van der Waals surface area contributed by atoms with Crippen molar-refractivity contribution in [2.24, 2.45) is 0 Å². The van der Waals surface area contributed by atoms with Crippen LogP contribution in [0.15, 0.2) is 42.5 Å². The molecule has 0 aliphatic carbocycles. The fraction of sp³-hybridized carbons (Fsp3) is 0.0667. The first-order valence-corrected chi connectivity index (χ1v) is 6.23. The van der Waals surface area contributed by atoms with Crippen LogP contribution in [-0.4, -0.2) is 11.0 Å². The Hall–Kier alpha value is -2.51. The number of nitriles is 1. The van der Waals surface area contributed by atoms with Crippen LogP contribution < -0.4 is 5.32 Å². The Kier molecular flexibility index (Phi) is 4.24. The van der Waals surface area contributed by atoms with E-state index in [4.69, 9.17) is 16.9 Å². The summed E-state index contributed by atoms with van der Waals surface area (Å²) in [5.41, 5.74) is 1.36. The van der Waals surface area contributed by atoms with Crippen LogP contribution in [0.3, 0.4) is 0 Å². The second-order valence-corrected chi connectivity index (χ2v) is 4.58. The Labute approximate surface area is 121 Å². The van der Waals surface area contributed by atoms with Crippen LogP contribution in [-0.2, 0) is 6.54 Å². The van der Waals surface area contributed by atoms with Gasteiger partial charge >= 0.3 is 0 Å². The van der Waals surface area contributed by atoms with Crippen molar-refractivity contribution >= 4 is 17.5 Å². The van der Waals surface area contributed by atoms with Gasteiger partial charge in [0.25, 0.3) is 5.91 Å². The van der Waals surface area contributed by atoms with Gasteiger partial charge < -0.3 is 10.4 Å². The van der Waals surface area contributed by atoms with E-state index in [-0.39, 0.29) is 18.2 Å². The molecule has 0 saturated heterocycles. The zero-order valence-electron chi connectivity index (χ0n) is 10.4. The van der Waals surface area contributed by atoms with Crippen molar-refractivity contribution in [1.29, 1.82) is 5.26 Å². The van der Waals surface area contributed by atoms with Gasteiger partial charge in [0, 0.05) is 22.7 Å². The molecule has 2 aromatic rings. The lowest BCUT2D eigenvalue weighted by Crippen LogP contribution is -2.22. The van der Waals surface area contributed by atoms with Gasteiger partial charge in [-0.25, -0.2) is 0 Å². The third-order valence-corrected chi connectivity index (χ3v) is 2.98. The highest BCUT2D eigenvalue weighted by Gasteiger charge is 2.08. The van der Waals surface area contributed by atoms with Gasteiger partial charge in [0.1, 0.15) is 5.75 Å². The number of carbonyl (C=O) groups is 1. The summed E-state index contributed by atoms with van der Waals surface area (Å²) in [6.07, 6.45) is 0. The van der Waals surface area contributed by atoms with Crippen molar-refractivity contribution in [2.75, 3.05) is 0 Å². The molecule has 2 rings (SSSR count). The molecule has 5 heteroatoms. The van der Waals surface area contributed by atoms with Crippen LogP contribution in [0.25, 0.3) is 0 Å². The largest absolute Gasteiger partial charge is 0.508 e. The van der Waals surface area contributed by atoms with E-state index < -0.39 is 0 Å². The fourth-order valence-corrected chi connectivity index (χ4v) is 1.88. The van der Waals surface area contributed by atoms with Gasteiger partial charge in [-0.15, -0.1) is 0 Å². The lowest BCUT2D eigenvalue weighted by Gasteiger charge is -2.07. The van der Waals surface area contributed by atoms with Gasteiger partial charge in [-0.2, -0.15) is 5.26 Å². The highest BCUT2D eigenvalue weighted by atomic mass is 35.5. The van der Waals surface area contributed by atoms with Crippen molar-refractivity contribution in [1.82, 2.24) is 5.32 Å². The Bertz CT molecular complexity index is 693. The fourth-order valence-electron chi connectivity index (χ4n) is 1.69. The van der Waals surface area contributed by atoms with Gasteiger partial charge in [-0.1, -0.05) is 23.7 Å². The number of nitrogens with zero attached hydrogens (tertiary/aromatic N) is 1. The highest BCUT2D eigenvalue weighted by Crippen LogP contribution is 2.18. The van der Waals surface area contributed by atoms with Crippen LogP contribution in [0.2, 0.25) is 5.02 Å². The first kappa shape index (κ1) is 13.9. The normalized spacial score (nSPS) is 9.80. The number of hydrogen-bond acceptors (Lipinski definition) is 3. The van der Waals surface area contributed by atoms with Crippen LogP contribution in [0.5, 0.6) is 5.75 Å². The smallest absolute Gasteiger partial charge is 0.251 e. The maximum absolute atomic E-state index is 11.9. The first-order valence-electron chi connectivity index (χ1n) is 5.86. The minimum Gasteiger partial charge on any atom is -0.508 e. The van der Waals surface area contributed by atoms with Crippen LogP contribution in [0, 0.1) is 11.3 Å². The second-order valence-electron chi connectivity index (χ2n) is 4.15. The van der Waals surface area contributed by atoms with E-state index in [0.29, 0.717) is 21.7 Å². The number of hydrogen-bond donors (Lipinski definition) is 2. The molecule has 4 nitrogen and oxygen atoms in total. The van der Waals surface area contributed by atoms with Crippen molar-refractivity contribution < 1.29 is 9.90 Å². The number of amides is 1. The molecule has 2 N–H and O–H groups in total. The first-order chi connectivity index (χ1) is 9.60. The van der Waals surface area contributed by atoms with E-state index in [2.05, 4.69) is 5.32 Å². The zero-order chi connectivity index (χ0) is 14.5. The Morgan fingerprint density at radius 2 is 2.10 bits per heavy atom. The summed E-state index contributed by atoms with van der Waals surface area (Å²) in [4.78, 5) is 11.9. The molecular weight excluding hydrogens is 276 g/mol. The van der Waals surface area contributed by atoms with Crippen molar-refractivity contribution in [3.63, 3.8) is 0 Å². The van der Waals surface area contributed by atoms with E-state index in [1.807, 2.05) is 6.07 Å².